The number of nitro benzene ring substituents is 1. The highest BCUT2D eigenvalue weighted by molar-refractivity contribution is 5.64. The summed E-state index contributed by atoms with van der Waals surface area (Å²) in [6, 6.07) is 12.3. The van der Waals surface area contributed by atoms with Gasteiger partial charge in [-0.1, -0.05) is 18.2 Å². The van der Waals surface area contributed by atoms with E-state index in [0.29, 0.717) is 16.8 Å². The molecule has 0 bridgehead atoms. The molecule has 2 rings (SSSR count). The van der Waals surface area contributed by atoms with Crippen molar-refractivity contribution in [3.05, 3.63) is 63.7 Å². The topological polar surface area (TPSA) is 69.8 Å². The van der Waals surface area contributed by atoms with Gasteiger partial charge in [0.2, 0.25) is 0 Å². The van der Waals surface area contributed by atoms with Gasteiger partial charge in [-0.2, -0.15) is 0 Å². The van der Waals surface area contributed by atoms with Crippen LogP contribution in [-0.4, -0.2) is 38.2 Å². The minimum absolute atomic E-state index is 0.0172. The lowest BCUT2D eigenvalue weighted by Gasteiger charge is -2.17. The predicted octanol–water partition coefficient (Wildman–Crippen LogP) is 2.81. The van der Waals surface area contributed by atoms with Gasteiger partial charge in [0.15, 0.2) is 0 Å². The van der Waals surface area contributed by atoms with Gasteiger partial charge in [0, 0.05) is 39.9 Å². The minimum Gasteiger partial charge on any atom is -0.384 e. The van der Waals surface area contributed by atoms with E-state index in [1.54, 1.807) is 31.1 Å². The first kappa shape index (κ1) is 16.8. The second-order valence-electron chi connectivity index (χ2n) is 5.79. The van der Waals surface area contributed by atoms with Gasteiger partial charge in [-0.05, 0) is 29.3 Å². The van der Waals surface area contributed by atoms with Gasteiger partial charge in [-0.25, -0.2) is 0 Å². The lowest BCUT2D eigenvalue weighted by atomic mass is 10.00. The Morgan fingerprint density at radius 2 is 1.52 bits per heavy atom. The van der Waals surface area contributed by atoms with E-state index in [1.165, 1.54) is 6.07 Å². The molecular formula is C17H21N3O3. The largest absolute Gasteiger partial charge is 0.384 e. The van der Waals surface area contributed by atoms with Crippen molar-refractivity contribution in [2.45, 2.75) is 6.10 Å². The van der Waals surface area contributed by atoms with E-state index >= 15 is 0 Å². The molecule has 1 N–H and O–H groups in total. The maximum absolute atomic E-state index is 11.2. The molecule has 0 fully saturated rings. The number of nitro groups is 1. The lowest BCUT2D eigenvalue weighted by Crippen LogP contribution is -2.12. The van der Waals surface area contributed by atoms with Gasteiger partial charge in [0.25, 0.3) is 5.69 Å². The third-order valence-electron chi connectivity index (χ3n) is 3.72. The van der Waals surface area contributed by atoms with Crippen molar-refractivity contribution in [3.63, 3.8) is 0 Å². The molecule has 2 aromatic rings. The Balaban J connectivity index is 2.37. The van der Waals surface area contributed by atoms with E-state index in [1.807, 2.05) is 43.3 Å². The van der Waals surface area contributed by atoms with Crippen LogP contribution in [0.5, 0.6) is 0 Å². The van der Waals surface area contributed by atoms with Crippen molar-refractivity contribution in [1.29, 1.82) is 0 Å². The SMILES string of the molecule is CN(C)c1ccc(C(O)c2ccc(N(C)C)c([N+](=O)[O-])c2)cc1. The van der Waals surface area contributed by atoms with Crippen LogP contribution < -0.4 is 9.80 Å². The highest BCUT2D eigenvalue weighted by Gasteiger charge is 2.20. The Hall–Kier alpha value is -2.60. The molecule has 0 aliphatic rings. The Kier molecular flexibility index (Phi) is 4.86. The van der Waals surface area contributed by atoms with Crippen molar-refractivity contribution >= 4 is 17.1 Å². The van der Waals surface area contributed by atoms with Crippen LogP contribution in [0.15, 0.2) is 42.5 Å². The van der Waals surface area contributed by atoms with E-state index < -0.39 is 11.0 Å². The van der Waals surface area contributed by atoms with Crippen LogP contribution in [0.2, 0.25) is 0 Å². The third-order valence-corrected chi connectivity index (χ3v) is 3.72. The Labute approximate surface area is 135 Å². The quantitative estimate of drug-likeness (QED) is 0.678. The fourth-order valence-corrected chi connectivity index (χ4v) is 2.38. The molecule has 0 aromatic heterocycles. The van der Waals surface area contributed by atoms with Crippen LogP contribution in [0.3, 0.4) is 0 Å². The molecule has 0 heterocycles. The molecule has 0 saturated carbocycles. The molecule has 0 radical (unpaired) electrons. The second-order valence-corrected chi connectivity index (χ2v) is 5.79. The molecule has 23 heavy (non-hydrogen) atoms. The minimum atomic E-state index is -0.902. The Morgan fingerprint density at radius 3 is 2.00 bits per heavy atom. The van der Waals surface area contributed by atoms with Crippen LogP contribution in [0, 0.1) is 10.1 Å². The number of anilines is 2. The maximum atomic E-state index is 11.2. The molecule has 0 saturated heterocycles. The second kappa shape index (κ2) is 6.66. The average molecular weight is 315 g/mol. The molecule has 0 amide bonds. The summed E-state index contributed by atoms with van der Waals surface area (Å²) in [7, 11) is 7.38. The first-order valence-electron chi connectivity index (χ1n) is 7.22. The van der Waals surface area contributed by atoms with Gasteiger partial charge >= 0.3 is 0 Å². The van der Waals surface area contributed by atoms with Gasteiger partial charge < -0.3 is 14.9 Å². The number of hydrogen-bond donors (Lipinski definition) is 1. The number of benzene rings is 2. The van der Waals surface area contributed by atoms with Crippen molar-refractivity contribution in [2.24, 2.45) is 0 Å². The molecule has 6 heteroatoms. The zero-order chi connectivity index (χ0) is 17.1. The summed E-state index contributed by atoms with van der Waals surface area (Å²) in [6.07, 6.45) is -0.902. The number of aliphatic hydroxyl groups excluding tert-OH is 1. The molecule has 1 atom stereocenters. The summed E-state index contributed by atoms with van der Waals surface area (Å²) in [6.45, 7) is 0. The van der Waals surface area contributed by atoms with E-state index in [4.69, 9.17) is 0 Å². The maximum Gasteiger partial charge on any atom is 0.292 e. The Morgan fingerprint density at radius 1 is 0.957 bits per heavy atom. The normalized spacial score (nSPS) is 11.9. The Bertz CT molecular complexity index is 697. The van der Waals surface area contributed by atoms with E-state index in [0.717, 1.165) is 5.69 Å². The number of nitrogens with zero attached hydrogens (tertiary/aromatic N) is 3. The summed E-state index contributed by atoms with van der Waals surface area (Å²) >= 11 is 0. The summed E-state index contributed by atoms with van der Waals surface area (Å²) in [5, 5.41) is 21.8. The summed E-state index contributed by atoms with van der Waals surface area (Å²) in [4.78, 5) is 14.5. The summed E-state index contributed by atoms with van der Waals surface area (Å²) < 4.78 is 0. The predicted molar refractivity (Wildman–Crippen MR) is 92.3 cm³/mol. The van der Waals surface area contributed by atoms with Crippen molar-refractivity contribution in [3.8, 4) is 0 Å². The molecule has 0 spiro atoms. The van der Waals surface area contributed by atoms with E-state index in [9.17, 15) is 15.2 Å². The molecule has 1 unspecified atom stereocenters. The first-order chi connectivity index (χ1) is 10.8. The fraction of sp³-hybridized carbons (Fsp3) is 0.294. The van der Waals surface area contributed by atoms with Crippen LogP contribution in [0.25, 0.3) is 0 Å². The molecule has 122 valence electrons. The summed E-state index contributed by atoms with van der Waals surface area (Å²) in [5.41, 5.74) is 2.71. The number of rotatable bonds is 5. The van der Waals surface area contributed by atoms with E-state index in [-0.39, 0.29) is 5.69 Å². The van der Waals surface area contributed by atoms with E-state index in [2.05, 4.69) is 0 Å². The zero-order valence-electron chi connectivity index (χ0n) is 13.7. The zero-order valence-corrected chi connectivity index (χ0v) is 13.7. The first-order valence-corrected chi connectivity index (χ1v) is 7.22. The smallest absolute Gasteiger partial charge is 0.292 e. The molecule has 2 aromatic carbocycles. The fourth-order valence-electron chi connectivity index (χ4n) is 2.38. The van der Waals surface area contributed by atoms with Crippen molar-refractivity contribution < 1.29 is 10.0 Å². The standard InChI is InChI=1S/C17H21N3O3/c1-18(2)14-8-5-12(6-9-14)17(21)13-7-10-15(19(3)4)16(11-13)20(22)23/h5-11,17,21H,1-4H3. The van der Waals surface area contributed by atoms with Gasteiger partial charge in [0.05, 0.1) is 4.92 Å². The third kappa shape index (κ3) is 3.60. The highest BCUT2D eigenvalue weighted by atomic mass is 16.6. The average Bonchev–Trinajstić information content (AvgIpc) is 2.53. The van der Waals surface area contributed by atoms with Gasteiger partial charge in [0.1, 0.15) is 11.8 Å². The van der Waals surface area contributed by atoms with Crippen molar-refractivity contribution in [1.82, 2.24) is 0 Å². The van der Waals surface area contributed by atoms with Crippen LogP contribution in [-0.2, 0) is 0 Å². The molecule has 6 nitrogen and oxygen atoms in total. The summed E-state index contributed by atoms with van der Waals surface area (Å²) in [5.74, 6) is 0. The molecule has 0 aliphatic carbocycles. The number of aliphatic hydroxyl groups is 1. The van der Waals surface area contributed by atoms with Gasteiger partial charge in [-0.3, -0.25) is 10.1 Å². The molecule has 0 aliphatic heterocycles. The van der Waals surface area contributed by atoms with Crippen LogP contribution in [0.1, 0.15) is 17.2 Å². The highest BCUT2D eigenvalue weighted by Crippen LogP contribution is 2.32. The van der Waals surface area contributed by atoms with Crippen molar-refractivity contribution in [2.75, 3.05) is 38.0 Å². The van der Waals surface area contributed by atoms with Crippen LogP contribution >= 0.6 is 0 Å². The number of hydrogen-bond acceptors (Lipinski definition) is 5. The monoisotopic (exact) mass is 315 g/mol. The molecular weight excluding hydrogens is 294 g/mol. The lowest BCUT2D eigenvalue weighted by molar-refractivity contribution is -0.384. The van der Waals surface area contributed by atoms with Gasteiger partial charge in [-0.15, -0.1) is 0 Å². The van der Waals surface area contributed by atoms with Crippen LogP contribution in [0.4, 0.5) is 17.1 Å².